The molecule has 0 aliphatic rings. The van der Waals surface area contributed by atoms with Gasteiger partial charge in [0, 0.05) is 0 Å². The Balaban J connectivity index is 2.75. The van der Waals surface area contributed by atoms with E-state index in [9.17, 15) is 5.11 Å². The molecule has 0 saturated carbocycles. The van der Waals surface area contributed by atoms with Crippen LogP contribution in [0.5, 0.6) is 5.75 Å². The van der Waals surface area contributed by atoms with Gasteiger partial charge in [0.2, 0.25) is 5.90 Å². The highest BCUT2D eigenvalue weighted by Gasteiger charge is 2.13. The molecule has 1 rings (SSSR count). The Morgan fingerprint density at radius 2 is 2.00 bits per heavy atom. The third kappa shape index (κ3) is 2.95. The van der Waals surface area contributed by atoms with E-state index in [-0.39, 0.29) is 5.90 Å². The van der Waals surface area contributed by atoms with Gasteiger partial charge in [-0.1, -0.05) is 12.1 Å². The summed E-state index contributed by atoms with van der Waals surface area (Å²) in [5.74, 6) is 0.580. The van der Waals surface area contributed by atoms with Crippen molar-refractivity contribution in [2.45, 2.75) is 13.0 Å². The van der Waals surface area contributed by atoms with Crippen LogP contribution in [0.25, 0.3) is 0 Å². The van der Waals surface area contributed by atoms with E-state index in [1.807, 2.05) is 6.92 Å². The molecule has 82 valence electrons. The van der Waals surface area contributed by atoms with Crippen molar-refractivity contribution in [3.8, 4) is 5.75 Å². The zero-order chi connectivity index (χ0) is 11.3. The lowest BCUT2D eigenvalue weighted by atomic mass is 10.1. The average Bonchev–Trinajstić information content (AvgIpc) is 2.28. The number of aliphatic hydroxyl groups is 1. The second kappa shape index (κ2) is 5.36. The molecule has 0 unspecified atom stereocenters. The lowest BCUT2D eigenvalue weighted by Crippen LogP contribution is -2.12. The molecule has 0 amide bonds. The SMILES string of the molecule is CCOc1ccc([C@@H](O)C(=N)OC)cc1. The maximum Gasteiger partial charge on any atom is 0.214 e. The smallest absolute Gasteiger partial charge is 0.214 e. The molecule has 15 heavy (non-hydrogen) atoms. The Morgan fingerprint density at radius 1 is 1.40 bits per heavy atom. The molecule has 0 aromatic heterocycles. The van der Waals surface area contributed by atoms with Crippen LogP contribution in [0.15, 0.2) is 24.3 Å². The van der Waals surface area contributed by atoms with Gasteiger partial charge in [-0.2, -0.15) is 0 Å². The van der Waals surface area contributed by atoms with Gasteiger partial charge in [-0.05, 0) is 24.6 Å². The molecule has 0 aliphatic heterocycles. The highest BCUT2D eigenvalue weighted by atomic mass is 16.5. The summed E-state index contributed by atoms with van der Waals surface area (Å²) in [5.41, 5.74) is 0.616. The minimum absolute atomic E-state index is 0.167. The summed E-state index contributed by atoms with van der Waals surface area (Å²) in [6.07, 6.45) is -1.01. The number of ether oxygens (including phenoxy) is 2. The van der Waals surface area contributed by atoms with Crippen molar-refractivity contribution in [1.82, 2.24) is 0 Å². The van der Waals surface area contributed by atoms with Gasteiger partial charge >= 0.3 is 0 Å². The summed E-state index contributed by atoms with van der Waals surface area (Å²) in [6, 6.07) is 6.93. The summed E-state index contributed by atoms with van der Waals surface area (Å²) in [6.45, 7) is 2.51. The van der Waals surface area contributed by atoms with Gasteiger partial charge in [0.05, 0.1) is 13.7 Å². The summed E-state index contributed by atoms with van der Waals surface area (Å²) < 4.78 is 9.91. The molecule has 4 nitrogen and oxygen atoms in total. The highest BCUT2D eigenvalue weighted by Crippen LogP contribution is 2.18. The Bertz CT molecular complexity index is 321. The van der Waals surface area contributed by atoms with Crippen molar-refractivity contribution in [1.29, 1.82) is 5.41 Å². The molecule has 1 aromatic rings. The number of benzene rings is 1. The minimum atomic E-state index is -1.01. The van der Waals surface area contributed by atoms with Crippen molar-refractivity contribution >= 4 is 5.90 Å². The normalized spacial score (nSPS) is 11.9. The van der Waals surface area contributed by atoms with Crippen LogP contribution < -0.4 is 4.74 Å². The fourth-order valence-corrected chi connectivity index (χ4v) is 1.18. The molecule has 0 bridgehead atoms. The lowest BCUT2D eigenvalue weighted by Gasteiger charge is -2.11. The molecule has 1 atom stereocenters. The maximum atomic E-state index is 9.62. The predicted octanol–water partition coefficient (Wildman–Crippen LogP) is 1.74. The second-order valence-corrected chi connectivity index (χ2v) is 2.97. The van der Waals surface area contributed by atoms with Crippen molar-refractivity contribution < 1.29 is 14.6 Å². The standard InChI is InChI=1S/C11H15NO3/c1-3-15-9-6-4-8(5-7-9)10(13)11(12)14-2/h4-7,10,12-13H,3H2,1-2H3/t10-/m1/s1. The van der Waals surface area contributed by atoms with Crippen LogP contribution in [0.4, 0.5) is 0 Å². The van der Waals surface area contributed by atoms with Crippen LogP contribution in [0.1, 0.15) is 18.6 Å². The van der Waals surface area contributed by atoms with Gasteiger partial charge in [0.25, 0.3) is 0 Å². The van der Waals surface area contributed by atoms with E-state index < -0.39 is 6.10 Å². The van der Waals surface area contributed by atoms with E-state index >= 15 is 0 Å². The van der Waals surface area contributed by atoms with E-state index in [1.54, 1.807) is 24.3 Å². The quantitative estimate of drug-likeness (QED) is 0.586. The average molecular weight is 209 g/mol. The Morgan fingerprint density at radius 3 is 2.47 bits per heavy atom. The van der Waals surface area contributed by atoms with Crippen molar-refractivity contribution in [2.24, 2.45) is 0 Å². The summed E-state index contributed by atoms with van der Waals surface area (Å²) >= 11 is 0. The second-order valence-electron chi connectivity index (χ2n) is 2.97. The van der Waals surface area contributed by atoms with E-state index in [0.717, 1.165) is 5.75 Å². The van der Waals surface area contributed by atoms with E-state index in [2.05, 4.69) is 4.74 Å². The number of hydrogen-bond acceptors (Lipinski definition) is 4. The first-order valence-corrected chi connectivity index (χ1v) is 4.72. The molecule has 1 aromatic carbocycles. The van der Waals surface area contributed by atoms with E-state index in [4.69, 9.17) is 10.1 Å². The summed E-state index contributed by atoms with van der Waals surface area (Å²) in [4.78, 5) is 0. The minimum Gasteiger partial charge on any atom is -0.494 e. The van der Waals surface area contributed by atoms with Crippen LogP contribution in [0.2, 0.25) is 0 Å². The number of methoxy groups -OCH3 is 1. The molecule has 2 N–H and O–H groups in total. The predicted molar refractivity (Wildman–Crippen MR) is 57.3 cm³/mol. The third-order valence-electron chi connectivity index (χ3n) is 1.98. The first kappa shape index (κ1) is 11.5. The van der Waals surface area contributed by atoms with Crippen molar-refractivity contribution in [3.05, 3.63) is 29.8 Å². The Labute approximate surface area is 89.0 Å². The van der Waals surface area contributed by atoms with E-state index in [1.165, 1.54) is 7.11 Å². The summed E-state index contributed by atoms with van der Waals surface area (Å²) in [7, 11) is 1.36. The van der Waals surface area contributed by atoms with Crippen LogP contribution in [-0.2, 0) is 4.74 Å². The maximum absolute atomic E-state index is 9.62. The summed E-state index contributed by atoms with van der Waals surface area (Å²) in [5, 5.41) is 16.9. The molecular formula is C11H15NO3. The number of hydrogen-bond donors (Lipinski definition) is 2. The van der Waals surface area contributed by atoms with Crippen molar-refractivity contribution in [2.75, 3.05) is 13.7 Å². The molecule has 0 fully saturated rings. The van der Waals surface area contributed by atoms with Crippen molar-refractivity contribution in [3.63, 3.8) is 0 Å². The Kier molecular flexibility index (Phi) is 4.12. The highest BCUT2D eigenvalue weighted by molar-refractivity contribution is 5.78. The van der Waals surface area contributed by atoms with Gasteiger partial charge in [-0.3, -0.25) is 5.41 Å². The fourth-order valence-electron chi connectivity index (χ4n) is 1.18. The van der Waals surface area contributed by atoms with Gasteiger partial charge in [-0.25, -0.2) is 0 Å². The van der Waals surface area contributed by atoms with Gasteiger partial charge in [-0.15, -0.1) is 0 Å². The fraction of sp³-hybridized carbons (Fsp3) is 0.364. The molecular weight excluding hydrogens is 194 g/mol. The zero-order valence-electron chi connectivity index (χ0n) is 8.86. The monoisotopic (exact) mass is 209 g/mol. The topological polar surface area (TPSA) is 62.5 Å². The van der Waals surface area contributed by atoms with Crippen LogP contribution in [-0.4, -0.2) is 24.7 Å². The largest absolute Gasteiger partial charge is 0.494 e. The molecule has 0 aliphatic carbocycles. The number of nitrogens with one attached hydrogen (secondary N) is 1. The number of aliphatic hydroxyl groups excluding tert-OH is 1. The molecule has 0 spiro atoms. The first-order valence-electron chi connectivity index (χ1n) is 4.72. The van der Waals surface area contributed by atoms with Gasteiger partial charge in [0.1, 0.15) is 5.75 Å². The van der Waals surface area contributed by atoms with Gasteiger partial charge in [0.15, 0.2) is 6.10 Å². The first-order chi connectivity index (χ1) is 7.19. The number of rotatable bonds is 4. The van der Waals surface area contributed by atoms with Crippen LogP contribution in [0, 0.1) is 5.41 Å². The molecule has 4 heteroatoms. The zero-order valence-corrected chi connectivity index (χ0v) is 8.86. The Hall–Kier alpha value is -1.55. The van der Waals surface area contributed by atoms with Crippen LogP contribution >= 0.6 is 0 Å². The lowest BCUT2D eigenvalue weighted by molar-refractivity contribution is 0.205. The van der Waals surface area contributed by atoms with Gasteiger partial charge < -0.3 is 14.6 Å². The van der Waals surface area contributed by atoms with E-state index in [0.29, 0.717) is 12.2 Å². The molecule has 0 heterocycles. The molecule has 0 radical (unpaired) electrons. The third-order valence-corrected chi connectivity index (χ3v) is 1.98. The molecule has 0 saturated heterocycles. The van der Waals surface area contributed by atoms with Crippen LogP contribution in [0.3, 0.4) is 0 Å².